The molecule has 1 aromatic rings. The van der Waals surface area contributed by atoms with Crippen molar-refractivity contribution in [2.24, 2.45) is 0 Å². The Bertz CT molecular complexity index is 301. The SMILES string of the molecule is CCCCc1ccc([SH]2CCOCC2)cc1. The van der Waals surface area contributed by atoms with Gasteiger partial charge in [0.15, 0.2) is 0 Å². The number of rotatable bonds is 4. The summed E-state index contributed by atoms with van der Waals surface area (Å²) in [5.41, 5.74) is 1.49. The van der Waals surface area contributed by atoms with Crippen LogP contribution in [0.1, 0.15) is 25.3 Å². The minimum Gasteiger partial charge on any atom is -0.380 e. The lowest BCUT2D eigenvalue weighted by molar-refractivity contribution is 0.160. The van der Waals surface area contributed by atoms with Crippen molar-refractivity contribution in [3.63, 3.8) is 0 Å². The first-order valence-electron chi connectivity index (χ1n) is 6.32. The molecule has 0 atom stereocenters. The Hall–Kier alpha value is -0.470. The fourth-order valence-electron chi connectivity index (χ4n) is 2.08. The zero-order chi connectivity index (χ0) is 11.2. The first kappa shape index (κ1) is 12.0. The Balaban J connectivity index is 1.95. The van der Waals surface area contributed by atoms with E-state index in [0.29, 0.717) is 0 Å². The Morgan fingerprint density at radius 2 is 1.81 bits per heavy atom. The van der Waals surface area contributed by atoms with Gasteiger partial charge >= 0.3 is 0 Å². The highest BCUT2D eigenvalue weighted by molar-refractivity contribution is 8.17. The second-order valence-corrected chi connectivity index (χ2v) is 6.86. The van der Waals surface area contributed by atoms with Crippen LogP contribution in [0, 0.1) is 0 Å². The first-order valence-corrected chi connectivity index (χ1v) is 8.03. The van der Waals surface area contributed by atoms with Crippen molar-refractivity contribution in [1.82, 2.24) is 0 Å². The number of ether oxygens (including phenoxy) is 1. The average Bonchev–Trinajstić information content (AvgIpc) is 2.38. The van der Waals surface area contributed by atoms with Crippen LogP contribution in [-0.2, 0) is 11.2 Å². The van der Waals surface area contributed by atoms with Crippen LogP contribution in [0.4, 0.5) is 0 Å². The van der Waals surface area contributed by atoms with Gasteiger partial charge in [-0.25, -0.2) is 10.9 Å². The van der Waals surface area contributed by atoms with E-state index in [1.54, 1.807) is 4.90 Å². The molecular formula is C14H22OS. The fraction of sp³-hybridized carbons (Fsp3) is 0.571. The summed E-state index contributed by atoms with van der Waals surface area (Å²) >= 11 is 0. The molecule has 0 bridgehead atoms. The van der Waals surface area contributed by atoms with E-state index in [1.165, 1.54) is 36.3 Å². The molecule has 1 aromatic carbocycles. The van der Waals surface area contributed by atoms with Gasteiger partial charge in [0.05, 0.1) is 13.2 Å². The number of benzene rings is 1. The van der Waals surface area contributed by atoms with Gasteiger partial charge < -0.3 is 4.74 Å². The minimum atomic E-state index is 0.0829. The van der Waals surface area contributed by atoms with Crippen LogP contribution in [0.15, 0.2) is 29.2 Å². The van der Waals surface area contributed by atoms with Gasteiger partial charge in [-0.1, -0.05) is 37.6 Å². The fourth-order valence-corrected chi connectivity index (χ4v) is 4.09. The van der Waals surface area contributed by atoms with Crippen LogP contribution in [-0.4, -0.2) is 24.7 Å². The summed E-state index contributed by atoms with van der Waals surface area (Å²) in [4.78, 5) is 1.57. The van der Waals surface area contributed by atoms with Crippen LogP contribution in [0.3, 0.4) is 0 Å². The molecule has 0 aliphatic carbocycles. The largest absolute Gasteiger partial charge is 0.380 e. The summed E-state index contributed by atoms with van der Waals surface area (Å²) in [6.45, 7) is 4.17. The van der Waals surface area contributed by atoms with Gasteiger partial charge in [0.2, 0.25) is 0 Å². The van der Waals surface area contributed by atoms with Gasteiger partial charge in [-0.15, -0.1) is 0 Å². The molecule has 0 amide bonds. The molecule has 2 rings (SSSR count). The number of thiol groups is 1. The monoisotopic (exact) mass is 238 g/mol. The molecular weight excluding hydrogens is 216 g/mol. The molecule has 0 saturated carbocycles. The van der Waals surface area contributed by atoms with E-state index in [4.69, 9.17) is 4.74 Å². The molecule has 0 aromatic heterocycles. The lowest BCUT2D eigenvalue weighted by atomic mass is 10.1. The Morgan fingerprint density at radius 1 is 1.12 bits per heavy atom. The third-order valence-electron chi connectivity index (χ3n) is 3.13. The summed E-state index contributed by atoms with van der Waals surface area (Å²) in [6.07, 6.45) is 3.82. The summed E-state index contributed by atoms with van der Waals surface area (Å²) in [5, 5.41) is 0. The topological polar surface area (TPSA) is 9.23 Å². The van der Waals surface area contributed by atoms with Crippen LogP contribution < -0.4 is 0 Å². The highest BCUT2D eigenvalue weighted by Gasteiger charge is 2.11. The van der Waals surface area contributed by atoms with Crippen LogP contribution in [0.5, 0.6) is 0 Å². The predicted octanol–water partition coefficient (Wildman–Crippen LogP) is 3.42. The molecule has 1 aliphatic heterocycles. The van der Waals surface area contributed by atoms with E-state index in [2.05, 4.69) is 31.2 Å². The van der Waals surface area contributed by atoms with Gasteiger partial charge in [0.25, 0.3) is 0 Å². The van der Waals surface area contributed by atoms with Gasteiger partial charge in [-0.3, -0.25) is 0 Å². The Kier molecular flexibility index (Phi) is 4.73. The first-order chi connectivity index (χ1) is 7.90. The summed E-state index contributed by atoms with van der Waals surface area (Å²) in [5.74, 6) is 2.51. The molecule has 1 nitrogen and oxygen atoms in total. The van der Waals surface area contributed by atoms with E-state index in [1.807, 2.05) is 0 Å². The molecule has 1 heterocycles. The van der Waals surface area contributed by atoms with Crippen LogP contribution in [0.2, 0.25) is 0 Å². The molecule has 16 heavy (non-hydrogen) atoms. The molecule has 2 heteroatoms. The number of aryl methyl sites for hydroxylation is 1. The maximum atomic E-state index is 5.41. The van der Waals surface area contributed by atoms with Crippen LogP contribution >= 0.6 is 10.9 Å². The number of unbranched alkanes of at least 4 members (excludes halogenated alkanes) is 1. The molecule has 0 unspecified atom stereocenters. The quantitative estimate of drug-likeness (QED) is 0.791. The van der Waals surface area contributed by atoms with E-state index in [9.17, 15) is 0 Å². The lowest BCUT2D eigenvalue weighted by Gasteiger charge is -2.26. The average molecular weight is 238 g/mol. The highest BCUT2D eigenvalue weighted by atomic mass is 32.2. The van der Waals surface area contributed by atoms with Crippen molar-refractivity contribution in [3.8, 4) is 0 Å². The minimum absolute atomic E-state index is 0.0829. The van der Waals surface area contributed by atoms with Gasteiger partial charge in [0.1, 0.15) is 0 Å². The number of hydrogen-bond acceptors (Lipinski definition) is 1. The van der Waals surface area contributed by atoms with Crippen LogP contribution in [0.25, 0.3) is 0 Å². The van der Waals surface area contributed by atoms with Gasteiger partial charge in [0, 0.05) is 11.5 Å². The van der Waals surface area contributed by atoms with Crippen molar-refractivity contribution >= 4 is 10.9 Å². The van der Waals surface area contributed by atoms with Crippen molar-refractivity contribution in [3.05, 3.63) is 29.8 Å². The molecule has 0 N–H and O–H groups in total. The molecule has 1 aliphatic rings. The standard InChI is InChI=1S/C14H22OS/c1-2-3-4-13-5-7-14(8-6-13)16-11-9-15-10-12-16/h5-8,16H,2-4,9-12H2,1H3. The van der Waals surface area contributed by atoms with Gasteiger partial charge in [-0.05, 0) is 23.3 Å². The number of hydrogen-bond donors (Lipinski definition) is 1. The third kappa shape index (κ3) is 3.26. The van der Waals surface area contributed by atoms with Crippen molar-refractivity contribution < 1.29 is 4.74 Å². The Morgan fingerprint density at radius 3 is 2.44 bits per heavy atom. The Labute approximate surface area is 102 Å². The molecule has 1 saturated heterocycles. The normalized spacial score (nSPS) is 18.7. The van der Waals surface area contributed by atoms with E-state index >= 15 is 0 Å². The molecule has 0 radical (unpaired) electrons. The lowest BCUT2D eigenvalue weighted by Crippen LogP contribution is -2.14. The third-order valence-corrected chi connectivity index (χ3v) is 5.60. The van der Waals surface area contributed by atoms with Crippen molar-refractivity contribution in [2.45, 2.75) is 31.1 Å². The smallest absolute Gasteiger partial charge is 0.0543 e. The highest BCUT2D eigenvalue weighted by Crippen LogP contribution is 2.37. The van der Waals surface area contributed by atoms with Crippen molar-refractivity contribution in [1.29, 1.82) is 0 Å². The van der Waals surface area contributed by atoms with E-state index < -0.39 is 0 Å². The molecule has 1 fully saturated rings. The van der Waals surface area contributed by atoms with Gasteiger partial charge in [-0.2, -0.15) is 0 Å². The summed E-state index contributed by atoms with van der Waals surface area (Å²) in [7, 11) is 0.0829. The predicted molar refractivity (Wildman–Crippen MR) is 72.9 cm³/mol. The zero-order valence-corrected chi connectivity index (χ0v) is 11.0. The van der Waals surface area contributed by atoms with Crippen molar-refractivity contribution in [2.75, 3.05) is 24.7 Å². The maximum Gasteiger partial charge on any atom is 0.0543 e. The van der Waals surface area contributed by atoms with E-state index in [0.717, 1.165) is 13.2 Å². The maximum absolute atomic E-state index is 5.41. The van der Waals surface area contributed by atoms with E-state index in [-0.39, 0.29) is 10.9 Å². The second kappa shape index (κ2) is 6.31. The summed E-state index contributed by atoms with van der Waals surface area (Å²) in [6, 6.07) is 9.34. The second-order valence-electron chi connectivity index (χ2n) is 4.37. The molecule has 0 spiro atoms. The molecule has 90 valence electrons. The zero-order valence-electron chi connectivity index (χ0n) is 10.1. The summed E-state index contributed by atoms with van der Waals surface area (Å²) < 4.78 is 5.41.